The second-order valence-electron chi connectivity index (χ2n) is 13.4. The molecule has 0 aromatic carbocycles. The van der Waals surface area contributed by atoms with Crippen molar-refractivity contribution in [2.75, 3.05) is 84.4 Å². The summed E-state index contributed by atoms with van der Waals surface area (Å²) in [6.07, 6.45) is 1.01. The molecule has 0 radical (unpaired) electrons. The molecule has 0 aliphatic heterocycles. The molecule has 7 N–H and O–H groups in total. The number of carboxylic acids is 2. The number of carbonyl (C=O) groups is 7. The molecule has 0 aliphatic carbocycles. The van der Waals surface area contributed by atoms with Gasteiger partial charge >= 0.3 is 11.9 Å². The van der Waals surface area contributed by atoms with E-state index >= 15 is 0 Å². The first-order valence-corrected chi connectivity index (χ1v) is 18.3. The molecule has 0 rings (SSSR count). The number of hydrogen-bond acceptors (Lipinski definition) is 11. The number of aliphatic carboxylic acids is 2. The van der Waals surface area contributed by atoms with Gasteiger partial charge in [-0.1, -0.05) is 43.6 Å². The van der Waals surface area contributed by atoms with Crippen LogP contribution in [-0.4, -0.2) is 142 Å². The lowest BCUT2D eigenvalue weighted by atomic mass is 9.76. The number of amides is 5. The van der Waals surface area contributed by atoms with Gasteiger partial charge < -0.3 is 55.7 Å². The van der Waals surface area contributed by atoms with E-state index < -0.39 is 40.6 Å². The minimum atomic E-state index is -1.25. The van der Waals surface area contributed by atoms with Crippen molar-refractivity contribution in [3.05, 3.63) is 0 Å². The number of alkyl halides is 1. The van der Waals surface area contributed by atoms with Crippen molar-refractivity contribution in [1.82, 2.24) is 26.6 Å². The van der Waals surface area contributed by atoms with Crippen LogP contribution in [0.15, 0.2) is 0 Å². The summed E-state index contributed by atoms with van der Waals surface area (Å²) in [5, 5.41) is 31.7. The number of ether oxygens (including phenoxy) is 4. The Labute approximate surface area is 313 Å². The molecule has 300 valence electrons. The summed E-state index contributed by atoms with van der Waals surface area (Å²) in [4.78, 5) is 82.0. The van der Waals surface area contributed by atoms with Gasteiger partial charge in [0.05, 0.1) is 51.4 Å². The van der Waals surface area contributed by atoms with Crippen molar-refractivity contribution in [3.63, 3.8) is 0 Å². The van der Waals surface area contributed by atoms with Gasteiger partial charge in [0.25, 0.3) is 0 Å². The first-order chi connectivity index (χ1) is 24.5. The lowest BCUT2D eigenvalue weighted by Crippen LogP contribution is -2.43. The number of hydrogen-bond donors (Lipinski definition) is 7. The summed E-state index contributed by atoms with van der Waals surface area (Å²) in [6, 6.07) is -1.24. The highest BCUT2D eigenvalue weighted by Gasteiger charge is 2.30. The van der Waals surface area contributed by atoms with Crippen LogP contribution in [0, 0.1) is 10.8 Å². The van der Waals surface area contributed by atoms with Crippen molar-refractivity contribution in [2.24, 2.45) is 10.8 Å². The van der Waals surface area contributed by atoms with Gasteiger partial charge in [0, 0.05) is 39.0 Å². The molecule has 0 aliphatic rings. The predicted molar refractivity (Wildman–Crippen MR) is 192 cm³/mol. The van der Waals surface area contributed by atoms with Gasteiger partial charge in [0.15, 0.2) is 0 Å². The second kappa shape index (κ2) is 28.2. The van der Waals surface area contributed by atoms with Crippen LogP contribution >= 0.6 is 15.9 Å². The Morgan fingerprint density at radius 3 is 1.50 bits per heavy atom. The average Bonchev–Trinajstić information content (AvgIpc) is 3.05. The molecule has 0 bridgehead atoms. The van der Waals surface area contributed by atoms with E-state index in [9.17, 15) is 38.7 Å². The fourth-order valence-corrected chi connectivity index (χ4v) is 4.61. The highest BCUT2D eigenvalue weighted by molar-refractivity contribution is 9.09. The lowest BCUT2D eigenvalue weighted by molar-refractivity contribution is -0.142. The smallest absolute Gasteiger partial charge is 0.326 e. The third kappa shape index (κ3) is 29.2. The summed E-state index contributed by atoms with van der Waals surface area (Å²) in [5.41, 5.74) is -0.919. The molecule has 0 spiro atoms. The third-order valence-electron chi connectivity index (χ3n) is 7.28. The van der Waals surface area contributed by atoms with Gasteiger partial charge in [-0.2, -0.15) is 0 Å². The average molecular weight is 813 g/mol. The minimum absolute atomic E-state index is 0.00798. The van der Waals surface area contributed by atoms with E-state index in [2.05, 4.69) is 42.5 Å². The Kier molecular flexibility index (Phi) is 26.3. The van der Waals surface area contributed by atoms with Crippen LogP contribution in [0.1, 0.15) is 66.2 Å². The first kappa shape index (κ1) is 48.6. The minimum Gasteiger partial charge on any atom is -0.481 e. The molecule has 0 aromatic heterocycles. The van der Waals surface area contributed by atoms with Crippen LogP contribution in [0.2, 0.25) is 0 Å². The van der Waals surface area contributed by atoms with Crippen LogP contribution in [-0.2, 0) is 52.5 Å². The summed E-state index contributed by atoms with van der Waals surface area (Å²) >= 11 is 3.02. The van der Waals surface area contributed by atoms with Gasteiger partial charge in [-0.25, -0.2) is 4.79 Å². The summed E-state index contributed by atoms with van der Waals surface area (Å²) < 4.78 is 21.1. The molecule has 5 amide bonds. The Morgan fingerprint density at radius 1 is 0.577 bits per heavy atom. The van der Waals surface area contributed by atoms with Crippen molar-refractivity contribution >= 4 is 57.4 Å². The van der Waals surface area contributed by atoms with Gasteiger partial charge in [0.2, 0.25) is 29.5 Å². The molecule has 18 nitrogen and oxygen atoms in total. The molecule has 52 heavy (non-hydrogen) atoms. The Hall–Kier alpha value is -3.39. The summed E-state index contributed by atoms with van der Waals surface area (Å²) in [6.45, 7) is 9.32. The number of carboxylic acid groups (broad SMARTS) is 2. The molecular formula is C33H58BrN5O13. The van der Waals surface area contributed by atoms with Gasteiger partial charge in [-0.15, -0.1) is 0 Å². The maximum atomic E-state index is 12.6. The zero-order valence-electron chi connectivity index (χ0n) is 30.8. The molecule has 1 unspecified atom stereocenters. The summed E-state index contributed by atoms with van der Waals surface area (Å²) in [7, 11) is 0. The highest BCUT2D eigenvalue weighted by Crippen LogP contribution is 2.35. The SMILES string of the molecule is CC(C)(CCC(C)(C)CC(=O)NC(CCC(=O)NCCOCCOCC(=O)NCCOCCOCC(=O)NCCNC(=O)CBr)C(=O)O)CC(=O)O. The molecule has 1 atom stereocenters. The fraction of sp³-hybridized carbons (Fsp3) is 0.788. The van der Waals surface area contributed by atoms with Gasteiger partial charge in [-0.05, 0) is 30.1 Å². The summed E-state index contributed by atoms with van der Waals surface area (Å²) in [5.74, 6) is -3.82. The number of carbonyl (C=O) groups excluding carboxylic acids is 5. The van der Waals surface area contributed by atoms with E-state index in [-0.39, 0.29) is 115 Å². The third-order valence-corrected chi connectivity index (χ3v) is 7.79. The molecule has 0 fully saturated rings. The van der Waals surface area contributed by atoms with Gasteiger partial charge in [-0.3, -0.25) is 28.8 Å². The maximum absolute atomic E-state index is 12.6. The quantitative estimate of drug-likeness (QED) is 0.0348. The Morgan fingerprint density at radius 2 is 1.02 bits per heavy atom. The standard InChI is InChI=1S/C33H58BrN5O13/c1-32(2,7-8-33(3,4)20-30(45)46)19-26(41)39-24(31(47)48)5-6-25(40)37-11-13-49-15-18-52-23-29(44)38-12-14-50-16-17-51-22-28(43)36-10-9-35-27(42)21-34/h24H,5-23H2,1-4H3,(H,35,42)(H,36,43)(H,37,40)(H,38,44)(H,39,41)(H,45,46)(H,47,48). The van der Waals surface area contributed by atoms with Crippen LogP contribution in [0.3, 0.4) is 0 Å². The molecule has 0 saturated carbocycles. The Bertz CT molecular complexity index is 1120. The Balaban J connectivity index is 3.89. The zero-order valence-corrected chi connectivity index (χ0v) is 32.4. The maximum Gasteiger partial charge on any atom is 0.326 e. The van der Waals surface area contributed by atoms with E-state index in [4.69, 9.17) is 24.1 Å². The number of nitrogens with one attached hydrogen (secondary N) is 5. The van der Waals surface area contributed by atoms with Crippen LogP contribution < -0.4 is 26.6 Å². The fourth-order valence-electron chi connectivity index (χ4n) is 4.41. The molecule has 19 heteroatoms. The van der Waals surface area contributed by atoms with Crippen LogP contribution in [0.25, 0.3) is 0 Å². The van der Waals surface area contributed by atoms with Crippen LogP contribution in [0.4, 0.5) is 0 Å². The number of halogens is 1. The molecule has 0 heterocycles. The largest absolute Gasteiger partial charge is 0.481 e. The van der Waals surface area contributed by atoms with E-state index in [0.29, 0.717) is 25.9 Å². The first-order valence-electron chi connectivity index (χ1n) is 17.1. The zero-order chi connectivity index (χ0) is 39.4. The van der Waals surface area contributed by atoms with Gasteiger partial charge in [0.1, 0.15) is 19.3 Å². The molecule has 0 aromatic rings. The normalized spacial score (nSPS) is 12.0. The van der Waals surface area contributed by atoms with Crippen molar-refractivity contribution in [1.29, 1.82) is 0 Å². The van der Waals surface area contributed by atoms with Crippen molar-refractivity contribution in [3.8, 4) is 0 Å². The van der Waals surface area contributed by atoms with E-state index in [0.717, 1.165) is 0 Å². The monoisotopic (exact) mass is 811 g/mol. The second-order valence-corrected chi connectivity index (χ2v) is 14.0. The topological polar surface area (TPSA) is 257 Å². The molecular weight excluding hydrogens is 754 g/mol. The lowest BCUT2D eigenvalue weighted by Gasteiger charge is -2.30. The van der Waals surface area contributed by atoms with Crippen LogP contribution in [0.5, 0.6) is 0 Å². The van der Waals surface area contributed by atoms with E-state index in [1.54, 1.807) is 0 Å². The number of rotatable bonds is 32. The highest BCUT2D eigenvalue weighted by atomic mass is 79.9. The predicted octanol–water partition coefficient (Wildman–Crippen LogP) is -0.0405. The van der Waals surface area contributed by atoms with E-state index in [1.807, 2.05) is 27.7 Å². The van der Waals surface area contributed by atoms with Crippen molar-refractivity contribution < 1.29 is 62.7 Å². The van der Waals surface area contributed by atoms with E-state index in [1.165, 1.54) is 0 Å². The molecule has 0 saturated heterocycles. The van der Waals surface area contributed by atoms with Crippen molar-refractivity contribution in [2.45, 2.75) is 72.3 Å².